The molecule has 0 bridgehead atoms. The van der Waals surface area contributed by atoms with Gasteiger partial charge in [0.1, 0.15) is 12.0 Å². The summed E-state index contributed by atoms with van der Waals surface area (Å²) in [5.74, 6) is 0.273. The molecule has 0 aliphatic rings. The highest BCUT2D eigenvalue weighted by Gasteiger charge is 2.08. The first-order valence-electron chi connectivity index (χ1n) is 4.53. The molecular weight excluding hydrogens is 182 g/mol. The summed E-state index contributed by atoms with van der Waals surface area (Å²) in [7, 11) is 0. The van der Waals surface area contributed by atoms with Crippen LogP contribution >= 0.6 is 0 Å². The van der Waals surface area contributed by atoms with Gasteiger partial charge in [-0.1, -0.05) is 0 Å². The average molecular weight is 197 g/mol. The lowest BCUT2D eigenvalue weighted by molar-refractivity contribution is 0.0213. The Balaban J connectivity index is 3.09. The molecule has 0 spiro atoms. The van der Waals surface area contributed by atoms with Crippen molar-refractivity contribution < 1.29 is 4.74 Å². The molecule has 1 heterocycles. The first-order valence-corrected chi connectivity index (χ1v) is 4.53. The molecular formula is C9H15N3O2. The molecule has 0 fully saturated rings. The van der Waals surface area contributed by atoms with Crippen LogP contribution in [0.5, 0.6) is 0 Å². The van der Waals surface area contributed by atoms with Crippen LogP contribution in [0.15, 0.2) is 11.0 Å². The molecule has 0 radical (unpaired) electrons. The van der Waals surface area contributed by atoms with Crippen molar-refractivity contribution in [2.24, 2.45) is 0 Å². The molecule has 0 saturated heterocycles. The second-order valence-electron chi connectivity index (χ2n) is 3.05. The van der Waals surface area contributed by atoms with E-state index in [-0.39, 0.29) is 17.7 Å². The Morgan fingerprint density at radius 1 is 1.71 bits per heavy atom. The van der Waals surface area contributed by atoms with Gasteiger partial charge in [-0.25, -0.2) is 4.79 Å². The second kappa shape index (κ2) is 4.23. The van der Waals surface area contributed by atoms with Crippen LogP contribution in [0, 0.1) is 6.92 Å². The average Bonchev–Trinajstić information content (AvgIpc) is 2.11. The molecule has 1 aromatic heterocycles. The Morgan fingerprint density at radius 3 is 2.93 bits per heavy atom. The van der Waals surface area contributed by atoms with Crippen LogP contribution in [-0.2, 0) is 4.74 Å². The van der Waals surface area contributed by atoms with Crippen molar-refractivity contribution in [2.75, 3.05) is 12.3 Å². The predicted octanol–water partition coefficient (Wildman–Crippen LogP) is 0.689. The Morgan fingerprint density at radius 2 is 2.36 bits per heavy atom. The zero-order valence-electron chi connectivity index (χ0n) is 8.65. The number of aryl methyl sites for hydroxylation is 1. The van der Waals surface area contributed by atoms with E-state index in [0.717, 1.165) is 5.56 Å². The first kappa shape index (κ1) is 10.7. The monoisotopic (exact) mass is 197 g/mol. The molecule has 1 atom stereocenters. The lowest BCUT2D eigenvalue weighted by Gasteiger charge is -2.15. The number of aromatic nitrogens is 2. The molecule has 1 rings (SSSR count). The van der Waals surface area contributed by atoms with E-state index in [1.807, 2.05) is 6.92 Å². The van der Waals surface area contributed by atoms with Crippen molar-refractivity contribution in [3.8, 4) is 0 Å². The molecule has 1 aromatic rings. The van der Waals surface area contributed by atoms with Gasteiger partial charge in [0.25, 0.3) is 0 Å². The summed E-state index contributed by atoms with van der Waals surface area (Å²) in [6.45, 7) is 6.02. The van der Waals surface area contributed by atoms with Crippen molar-refractivity contribution in [1.29, 1.82) is 0 Å². The van der Waals surface area contributed by atoms with E-state index in [0.29, 0.717) is 6.61 Å². The lowest BCUT2D eigenvalue weighted by Crippen LogP contribution is -2.28. The molecule has 2 N–H and O–H groups in total. The maximum atomic E-state index is 11.4. The van der Waals surface area contributed by atoms with Gasteiger partial charge in [-0.05, 0) is 20.8 Å². The molecule has 0 aromatic carbocycles. The molecule has 0 aliphatic carbocycles. The fraction of sp³-hybridized carbons (Fsp3) is 0.556. The van der Waals surface area contributed by atoms with E-state index >= 15 is 0 Å². The van der Waals surface area contributed by atoms with Crippen molar-refractivity contribution in [2.45, 2.75) is 27.0 Å². The largest absolute Gasteiger partial charge is 0.383 e. The van der Waals surface area contributed by atoms with Crippen LogP contribution in [0.25, 0.3) is 0 Å². The van der Waals surface area contributed by atoms with Gasteiger partial charge in [-0.3, -0.25) is 4.57 Å². The van der Waals surface area contributed by atoms with E-state index in [2.05, 4.69) is 4.98 Å². The number of ether oxygens (including phenoxy) is 1. The maximum absolute atomic E-state index is 11.4. The second-order valence-corrected chi connectivity index (χ2v) is 3.05. The molecule has 1 unspecified atom stereocenters. The SMILES string of the molecule is CCOC(C)n1cc(C)c(N)nc1=O. The van der Waals surface area contributed by atoms with Crippen molar-refractivity contribution in [3.63, 3.8) is 0 Å². The Hall–Kier alpha value is -1.36. The molecule has 14 heavy (non-hydrogen) atoms. The summed E-state index contributed by atoms with van der Waals surface area (Å²) in [6.07, 6.45) is 1.35. The third kappa shape index (κ3) is 2.11. The van der Waals surface area contributed by atoms with Crippen LogP contribution in [0.1, 0.15) is 25.6 Å². The number of nitrogen functional groups attached to an aromatic ring is 1. The summed E-state index contributed by atoms with van der Waals surface area (Å²) >= 11 is 0. The standard InChI is InChI=1S/C9H15N3O2/c1-4-14-7(3)12-5-6(2)8(10)11-9(12)13/h5,7H,4H2,1-3H3,(H2,10,11,13). The predicted molar refractivity (Wildman–Crippen MR) is 54.0 cm³/mol. The maximum Gasteiger partial charge on any atom is 0.351 e. The van der Waals surface area contributed by atoms with Gasteiger partial charge in [0, 0.05) is 18.4 Å². The van der Waals surface area contributed by atoms with E-state index in [9.17, 15) is 4.79 Å². The summed E-state index contributed by atoms with van der Waals surface area (Å²) < 4.78 is 6.71. The molecule has 0 saturated carbocycles. The number of rotatable bonds is 3. The molecule has 5 nitrogen and oxygen atoms in total. The minimum absolute atomic E-state index is 0.273. The van der Waals surface area contributed by atoms with E-state index in [1.54, 1.807) is 20.0 Å². The van der Waals surface area contributed by atoms with Crippen LogP contribution in [0.3, 0.4) is 0 Å². The zero-order chi connectivity index (χ0) is 10.7. The highest BCUT2D eigenvalue weighted by Crippen LogP contribution is 2.07. The number of nitrogens with two attached hydrogens (primary N) is 1. The quantitative estimate of drug-likeness (QED) is 0.773. The number of nitrogens with zero attached hydrogens (tertiary/aromatic N) is 2. The Labute approximate surface area is 82.5 Å². The molecule has 78 valence electrons. The summed E-state index contributed by atoms with van der Waals surface area (Å²) in [4.78, 5) is 15.1. The van der Waals surface area contributed by atoms with Gasteiger partial charge in [0.05, 0.1) is 0 Å². The molecule has 0 aliphatic heterocycles. The van der Waals surface area contributed by atoms with Crippen LogP contribution < -0.4 is 11.4 Å². The highest BCUT2D eigenvalue weighted by molar-refractivity contribution is 5.35. The van der Waals surface area contributed by atoms with E-state index < -0.39 is 0 Å². The zero-order valence-corrected chi connectivity index (χ0v) is 8.65. The van der Waals surface area contributed by atoms with Gasteiger partial charge in [0.15, 0.2) is 0 Å². The number of anilines is 1. The summed E-state index contributed by atoms with van der Waals surface area (Å²) in [5, 5.41) is 0. The van der Waals surface area contributed by atoms with Gasteiger partial charge in [-0.15, -0.1) is 0 Å². The smallest absolute Gasteiger partial charge is 0.351 e. The highest BCUT2D eigenvalue weighted by atomic mass is 16.5. The topological polar surface area (TPSA) is 70.1 Å². The third-order valence-corrected chi connectivity index (χ3v) is 1.97. The number of hydrogen-bond donors (Lipinski definition) is 1. The summed E-state index contributed by atoms with van der Waals surface area (Å²) in [6, 6.07) is 0. The van der Waals surface area contributed by atoms with Crippen LogP contribution in [-0.4, -0.2) is 16.2 Å². The fourth-order valence-corrected chi connectivity index (χ4v) is 1.16. The minimum atomic E-state index is -0.381. The third-order valence-electron chi connectivity index (χ3n) is 1.97. The molecule has 5 heteroatoms. The Kier molecular flexibility index (Phi) is 3.24. The van der Waals surface area contributed by atoms with Crippen molar-refractivity contribution in [1.82, 2.24) is 9.55 Å². The van der Waals surface area contributed by atoms with Crippen molar-refractivity contribution >= 4 is 5.82 Å². The fourth-order valence-electron chi connectivity index (χ4n) is 1.16. The van der Waals surface area contributed by atoms with Crippen molar-refractivity contribution in [3.05, 3.63) is 22.2 Å². The van der Waals surface area contributed by atoms with Gasteiger partial charge < -0.3 is 10.5 Å². The molecule has 0 amide bonds. The lowest BCUT2D eigenvalue weighted by atomic mass is 10.3. The van der Waals surface area contributed by atoms with Crippen LogP contribution in [0.2, 0.25) is 0 Å². The van der Waals surface area contributed by atoms with Crippen LogP contribution in [0.4, 0.5) is 5.82 Å². The van der Waals surface area contributed by atoms with E-state index in [4.69, 9.17) is 10.5 Å². The number of hydrogen-bond acceptors (Lipinski definition) is 4. The van der Waals surface area contributed by atoms with Gasteiger partial charge >= 0.3 is 5.69 Å². The normalized spacial score (nSPS) is 12.8. The first-order chi connectivity index (χ1) is 6.56. The van der Waals surface area contributed by atoms with Gasteiger partial charge in [-0.2, -0.15) is 4.98 Å². The van der Waals surface area contributed by atoms with Gasteiger partial charge in [0.2, 0.25) is 0 Å². The van der Waals surface area contributed by atoms with E-state index in [1.165, 1.54) is 4.57 Å². The Bertz CT molecular complexity index is 373. The summed E-state index contributed by atoms with van der Waals surface area (Å²) in [5.41, 5.74) is 5.89. The minimum Gasteiger partial charge on any atom is -0.383 e.